The van der Waals surface area contributed by atoms with Gasteiger partial charge in [0.2, 0.25) is 0 Å². The number of carbonyl (C=O) groups is 2. The van der Waals surface area contributed by atoms with Gasteiger partial charge in [-0.25, -0.2) is 0 Å². The lowest BCUT2D eigenvalue weighted by atomic mass is 10.2. The number of nitrogens with one attached hydrogen (secondary N) is 2. The van der Waals surface area contributed by atoms with E-state index in [9.17, 15) is 9.59 Å². The summed E-state index contributed by atoms with van der Waals surface area (Å²) in [5.74, 6) is -1.32. The van der Waals surface area contributed by atoms with Crippen molar-refractivity contribution in [2.75, 3.05) is 18.5 Å². The highest BCUT2D eigenvalue weighted by atomic mass is 79.9. The van der Waals surface area contributed by atoms with Crippen LogP contribution in [0.1, 0.15) is 18.4 Å². The van der Waals surface area contributed by atoms with E-state index in [0.717, 1.165) is 29.5 Å². The number of benzene rings is 1. The van der Waals surface area contributed by atoms with E-state index in [2.05, 4.69) is 26.6 Å². The van der Waals surface area contributed by atoms with Crippen LogP contribution < -0.4 is 10.6 Å². The van der Waals surface area contributed by atoms with E-state index in [0.29, 0.717) is 12.2 Å². The van der Waals surface area contributed by atoms with Crippen LogP contribution in [0.15, 0.2) is 22.7 Å². The number of carbonyl (C=O) groups excluding carboxylic acids is 2. The minimum absolute atomic E-state index is 0.0258. The molecule has 0 radical (unpaired) electrons. The van der Waals surface area contributed by atoms with E-state index in [1.54, 1.807) is 6.07 Å². The summed E-state index contributed by atoms with van der Waals surface area (Å²) in [5, 5.41) is 5.16. The van der Waals surface area contributed by atoms with Gasteiger partial charge in [-0.1, -0.05) is 6.07 Å². The molecule has 1 atom stereocenters. The Bertz CT molecular complexity index is 513. The van der Waals surface area contributed by atoms with Gasteiger partial charge in [-0.2, -0.15) is 0 Å². The number of hydrogen-bond acceptors (Lipinski definition) is 3. The fourth-order valence-electron chi connectivity index (χ4n) is 1.99. The molecular weight excluding hydrogens is 324 g/mol. The van der Waals surface area contributed by atoms with E-state index < -0.39 is 11.8 Å². The lowest BCUT2D eigenvalue weighted by Gasteiger charge is -2.11. The van der Waals surface area contributed by atoms with Crippen LogP contribution in [0.25, 0.3) is 0 Å². The van der Waals surface area contributed by atoms with Gasteiger partial charge in [-0.3, -0.25) is 9.59 Å². The highest BCUT2D eigenvalue weighted by Crippen LogP contribution is 2.23. The first-order chi connectivity index (χ1) is 9.56. The van der Waals surface area contributed by atoms with Crippen molar-refractivity contribution in [2.45, 2.75) is 25.9 Å². The number of halogens is 1. The molecule has 1 aliphatic heterocycles. The van der Waals surface area contributed by atoms with Crippen LogP contribution in [0, 0.1) is 6.92 Å². The van der Waals surface area contributed by atoms with Crippen molar-refractivity contribution in [2.24, 2.45) is 0 Å². The molecule has 2 N–H and O–H groups in total. The zero-order valence-corrected chi connectivity index (χ0v) is 12.8. The van der Waals surface area contributed by atoms with Crippen LogP contribution in [0.3, 0.4) is 0 Å². The van der Waals surface area contributed by atoms with Crippen molar-refractivity contribution in [3.05, 3.63) is 28.2 Å². The second kappa shape index (κ2) is 6.85. The number of amides is 2. The van der Waals surface area contributed by atoms with Gasteiger partial charge in [-0.15, -0.1) is 0 Å². The van der Waals surface area contributed by atoms with Gasteiger partial charge in [0, 0.05) is 17.6 Å². The summed E-state index contributed by atoms with van der Waals surface area (Å²) in [4.78, 5) is 23.5. The normalized spacial score (nSPS) is 17.8. The van der Waals surface area contributed by atoms with Crippen molar-refractivity contribution in [3.63, 3.8) is 0 Å². The van der Waals surface area contributed by atoms with Crippen molar-refractivity contribution >= 4 is 33.4 Å². The second-order valence-electron chi connectivity index (χ2n) is 4.78. The molecule has 0 aliphatic carbocycles. The summed E-state index contributed by atoms with van der Waals surface area (Å²) in [7, 11) is 0. The topological polar surface area (TPSA) is 67.4 Å². The van der Waals surface area contributed by atoms with Crippen molar-refractivity contribution in [1.82, 2.24) is 5.32 Å². The fraction of sp³-hybridized carbons (Fsp3) is 0.429. The maximum Gasteiger partial charge on any atom is 0.313 e. The molecule has 0 aromatic heterocycles. The first-order valence-electron chi connectivity index (χ1n) is 6.53. The number of ether oxygens (including phenoxy) is 1. The highest BCUT2D eigenvalue weighted by molar-refractivity contribution is 9.10. The van der Waals surface area contributed by atoms with Crippen LogP contribution >= 0.6 is 15.9 Å². The van der Waals surface area contributed by atoms with Gasteiger partial charge >= 0.3 is 11.8 Å². The summed E-state index contributed by atoms with van der Waals surface area (Å²) < 4.78 is 6.13. The molecule has 0 spiro atoms. The summed E-state index contributed by atoms with van der Waals surface area (Å²) in [6.07, 6.45) is 1.95. The standard InChI is InChI=1S/C14H17BrN2O3/c1-9-4-5-12(11(15)7-9)17-14(19)13(18)16-8-10-3-2-6-20-10/h4-5,7,10H,2-3,6,8H2,1H3,(H,16,18)(H,17,19)/t10-/m1/s1. The predicted molar refractivity (Wildman–Crippen MR) is 79.5 cm³/mol. The largest absolute Gasteiger partial charge is 0.376 e. The van der Waals surface area contributed by atoms with Gasteiger partial charge in [0.25, 0.3) is 0 Å². The van der Waals surface area contributed by atoms with Crippen molar-refractivity contribution in [3.8, 4) is 0 Å². The van der Waals surface area contributed by atoms with Gasteiger partial charge < -0.3 is 15.4 Å². The van der Waals surface area contributed by atoms with Gasteiger partial charge in [0.15, 0.2) is 0 Å². The molecule has 2 rings (SSSR count). The summed E-state index contributed by atoms with van der Waals surface area (Å²) in [5.41, 5.74) is 1.64. The molecule has 1 heterocycles. The lowest BCUT2D eigenvalue weighted by molar-refractivity contribution is -0.136. The van der Waals surface area contributed by atoms with Crippen molar-refractivity contribution in [1.29, 1.82) is 0 Å². The molecule has 0 bridgehead atoms. The van der Waals surface area contributed by atoms with Gasteiger partial charge in [-0.05, 0) is 53.4 Å². The van der Waals surface area contributed by atoms with E-state index in [1.807, 2.05) is 19.1 Å². The Balaban J connectivity index is 1.85. The quantitative estimate of drug-likeness (QED) is 0.827. The fourth-order valence-corrected chi connectivity index (χ4v) is 2.59. The van der Waals surface area contributed by atoms with Gasteiger partial charge in [0.1, 0.15) is 0 Å². The zero-order chi connectivity index (χ0) is 14.5. The van der Waals surface area contributed by atoms with E-state index in [-0.39, 0.29) is 6.10 Å². The first kappa shape index (κ1) is 15.0. The van der Waals surface area contributed by atoms with Crippen LogP contribution in [0.2, 0.25) is 0 Å². The van der Waals surface area contributed by atoms with Crippen LogP contribution in [-0.4, -0.2) is 31.1 Å². The minimum Gasteiger partial charge on any atom is -0.376 e. The number of rotatable bonds is 3. The summed E-state index contributed by atoms with van der Waals surface area (Å²) in [6, 6.07) is 5.50. The molecule has 2 amide bonds. The maximum absolute atomic E-state index is 11.8. The molecule has 0 unspecified atom stereocenters. The third kappa shape index (κ3) is 4.05. The Labute approximate surface area is 126 Å². The maximum atomic E-state index is 11.8. The molecule has 108 valence electrons. The molecule has 1 aliphatic rings. The third-order valence-electron chi connectivity index (χ3n) is 3.09. The Kier molecular flexibility index (Phi) is 5.14. The van der Waals surface area contributed by atoms with Crippen LogP contribution in [-0.2, 0) is 14.3 Å². The third-order valence-corrected chi connectivity index (χ3v) is 3.75. The Morgan fingerprint density at radius 1 is 1.40 bits per heavy atom. The SMILES string of the molecule is Cc1ccc(NC(=O)C(=O)NC[C@H]2CCCO2)c(Br)c1. The molecule has 20 heavy (non-hydrogen) atoms. The monoisotopic (exact) mass is 340 g/mol. The average molecular weight is 341 g/mol. The second-order valence-corrected chi connectivity index (χ2v) is 5.64. The predicted octanol–water partition coefficient (Wildman–Crippen LogP) is 1.99. The number of aryl methyl sites for hydroxylation is 1. The zero-order valence-electron chi connectivity index (χ0n) is 11.2. The van der Waals surface area contributed by atoms with Crippen LogP contribution in [0.5, 0.6) is 0 Å². The Morgan fingerprint density at radius 2 is 2.20 bits per heavy atom. The van der Waals surface area contributed by atoms with E-state index in [1.165, 1.54) is 0 Å². The molecule has 1 aromatic rings. The Hall–Kier alpha value is -1.40. The van der Waals surface area contributed by atoms with E-state index >= 15 is 0 Å². The molecule has 6 heteroatoms. The summed E-state index contributed by atoms with van der Waals surface area (Å²) in [6.45, 7) is 3.05. The van der Waals surface area contributed by atoms with Crippen molar-refractivity contribution < 1.29 is 14.3 Å². The molecular formula is C14H17BrN2O3. The molecule has 1 fully saturated rings. The lowest BCUT2D eigenvalue weighted by Crippen LogP contribution is -2.39. The first-order valence-corrected chi connectivity index (χ1v) is 7.32. The smallest absolute Gasteiger partial charge is 0.313 e. The van der Waals surface area contributed by atoms with Gasteiger partial charge in [0.05, 0.1) is 11.8 Å². The Morgan fingerprint density at radius 3 is 2.85 bits per heavy atom. The average Bonchev–Trinajstić information content (AvgIpc) is 2.92. The molecule has 5 nitrogen and oxygen atoms in total. The molecule has 1 saturated heterocycles. The minimum atomic E-state index is -0.674. The summed E-state index contributed by atoms with van der Waals surface area (Å²) >= 11 is 3.35. The van der Waals surface area contributed by atoms with E-state index in [4.69, 9.17) is 4.74 Å². The molecule has 1 aromatic carbocycles. The highest BCUT2D eigenvalue weighted by Gasteiger charge is 2.19. The number of anilines is 1. The number of hydrogen-bond donors (Lipinski definition) is 2. The molecule has 0 saturated carbocycles. The van der Waals surface area contributed by atoms with Crippen LogP contribution in [0.4, 0.5) is 5.69 Å².